The van der Waals surface area contributed by atoms with Crippen molar-refractivity contribution < 1.29 is 51.8 Å². The first-order chi connectivity index (χ1) is 6.93. The van der Waals surface area contributed by atoms with E-state index < -0.39 is 12.2 Å². The number of hydrogen-bond donors (Lipinski definition) is 0. The molecule has 0 aromatic carbocycles. The second-order valence-corrected chi connectivity index (χ2v) is 3.59. The van der Waals surface area contributed by atoms with Gasteiger partial charge in [-0.3, -0.25) is 11.2 Å². The number of hydrogen-bond acceptors (Lipinski definition) is 4. The molecule has 0 aliphatic carbocycles. The van der Waals surface area contributed by atoms with Crippen molar-refractivity contribution in [3.05, 3.63) is 6.42 Å². The summed E-state index contributed by atoms with van der Waals surface area (Å²) in [4.78, 5) is 22.3. The van der Waals surface area contributed by atoms with Crippen molar-refractivity contribution in [1.29, 1.82) is 0 Å². The number of Topliss-reactive ketones (excluding diaryl/α,β-unsaturated/α-hetero) is 2. The van der Waals surface area contributed by atoms with Crippen LogP contribution in [0.5, 0.6) is 0 Å². The SMILES string of the molecule is COC([CH-]C(C)C(OC)C(C)=O)C(C)=O.[Y]. The average Bonchev–Trinajstić information content (AvgIpc) is 2.14. The second kappa shape index (κ2) is 9.40. The number of ketones is 2. The third-order valence-electron chi connectivity index (χ3n) is 2.27. The van der Waals surface area contributed by atoms with Gasteiger partial charge in [-0.05, 0) is 20.0 Å². The van der Waals surface area contributed by atoms with Crippen molar-refractivity contribution >= 4 is 11.6 Å². The van der Waals surface area contributed by atoms with Gasteiger partial charge in [-0.1, -0.05) is 6.92 Å². The zero-order valence-electron chi connectivity index (χ0n) is 10.5. The fourth-order valence-corrected chi connectivity index (χ4v) is 1.51. The minimum absolute atomic E-state index is 0. The molecule has 0 saturated heterocycles. The van der Waals surface area contributed by atoms with Gasteiger partial charge in [0.15, 0.2) is 5.78 Å². The fraction of sp³-hybridized carbons (Fsp3) is 0.727. The number of rotatable bonds is 7. The fourth-order valence-electron chi connectivity index (χ4n) is 1.51. The van der Waals surface area contributed by atoms with Crippen LogP contribution in [0.2, 0.25) is 0 Å². The summed E-state index contributed by atoms with van der Waals surface area (Å²) >= 11 is 0. The van der Waals surface area contributed by atoms with Crippen LogP contribution in [0.25, 0.3) is 0 Å². The predicted octanol–water partition coefficient (Wildman–Crippen LogP) is 1.03. The minimum Gasteiger partial charge on any atom is -0.406 e. The van der Waals surface area contributed by atoms with Gasteiger partial charge < -0.3 is 14.3 Å². The molecule has 1 radical (unpaired) electrons. The van der Waals surface area contributed by atoms with Gasteiger partial charge in [-0.2, -0.15) is 0 Å². The van der Waals surface area contributed by atoms with Crippen molar-refractivity contribution in [2.24, 2.45) is 5.92 Å². The summed E-state index contributed by atoms with van der Waals surface area (Å²) in [5.74, 6) is -0.288. The smallest absolute Gasteiger partial charge is 0.156 e. The van der Waals surface area contributed by atoms with Crippen LogP contribution in [0, 0.1) is 12.3 Å². The van der Waals surface area contributed by atoms with E-state index in [9.17, 15) is 9.59 Å². The molecule has 0 bridgehead atoms. The molecule has 91 valence electrons. The van der Waals surface area contributed by atoms with Gasteiger partial charge in [0.25, 0.3) is 0 Å². The second-order valence-electron chi connectivity index (χ2n) is 3.59. The van der Waals surface area contributed by atoms with Crippen molar-refractivity contribution in [3.63, 3.8) is 0 Å². The molecule has 0 amide bonds. The number of carbonyl (C=O) groups excluding carboxylic acids is 2. The zero-order chi connectivity index (χ0) is 12.0. The number of methoxy groups -OCH3 is 2. The van der Waals surface area contributed by atoms with Crippen LogP contribution in [-0.4, -0.2) is 38.0 Å². The molecule has 0 aromatic heterocycles. The Bertz CT molecular complexity index is 230. The van der Waals surface area contributed by atoms with E-state index in [4.69, 9.17) is 9.47 Å². The molecule has 3 atom stereocenters. The molecule has 0 spiro atoms. The average molecular weight is 304 g/mol. The number of carbonyl (C=O) groups is 2. The molecule has 0 aromatic rings. The zero-order valence-corrected chi connectivity index (χ0v) is 13.4. The van der Waals surface area contributed by atoms with Crippen LogP contribution < -0.4 is 0 Å². The molecule has 0 N–H and O–H groups in total. The molecule has 0 aliphatic heterocycles. The van der Waals surface area contributed by atoms with E-state index >= 15 is 0 Å². The van der Waals surface area contributed by atoms with E-state index in [1.165, 1.54) is 28.1 Å². The minimum atomic E-state index is -0.572. The quantitative estimate of drug-likeness (QED) is 0.659. The van der Waals surface area contributed by atoms with Gasteiger partial charge in [0.2, 0.25) is 0 Å². The molecule has 0 saturated carbocycles. The van der Waals surface area contributed by atoms with Gasteiger partial charge in [0.1, 0.15) is 5.78 Å². The van der Waals surface area contributed by atoms with E-state index in [-0.39, 0.29) is 50.2 Å². The maximum absolute atomic E-state index is 11.2. The molecule has 3 unspecified atom stereocenters. The van der Waals surface area contributed by atoms with E-state index in [0.29, 0.717) is 0 Å². The molecule has 0 rings (SSSR count). The molecule has 16 heavy (non-hydrogen) atoms. The third kappa shape index (κ3) is 6.19. The van der Waals surface area contributed by atoms with Gasteiger partial charge >= 0.3 is 0 Å². The van der Waals surface area contributed by atoms with E-state index in [1.54, 1.807) is 6.42 Å². The predicted molar refractivity (Wildman–Crippen MR) is 56.4 cm³/mol. The van der Waals surface area contributed by atoms with E-state index in [0.717, 1.165) is 0 Å². The standard InChI is InChI=1S/C11H19O4.Y/c1-7(11(15-5)9(3)13)6-10(14-4)8(2)12;/h6-7,10-11H,1-5H3;/q-1;. The van der Waals surface area contributed by atoms with Crippen molar-refractivity contribution in [2.75, 3.05) is 14.2 Å². The number of ether oxygens (including phenoxy) is 2. The Morgan fingerprint density at radius 3 is 1.81 bits per heavy atom. The maximum atomic E-state index is 11.2. The van der Waals surface area contributed by atoms with E-state index in [2.05, 4.69) is 0 Å². The van der Waals surface area contributed by atoms with Crippen LogP contribution in [-0.2, 0) is 51.8 Å². The normalized spacial score (nSPS) is 15.8. The van der Waals surface area contributed by atoms with Crippen LogP contribution in [0.15, 0.2) is 0 Å². The van der Waals surface area contributed by atoms with Gasteiger partial charge in [0, 0.05) is 46.9 Å². The Balaban J connectivity index is 0. The monoisotopic (exact) mass is 304 g/mol. The van der Waals surface area contributed by atoms with Gasteiger partial charge in [-0.25, -0.2) is 0 Å². The Labute approximate surface area is 122 Å². The van der Waals surface area contributed by atoms with Gasteiger partial charge in [0.05, 0.1) is 6.10 Å². The summed E-state index contributed by atoms with van der Waals surface area (Å²) in [6.45, 7) is 4.74. The van der Waals surface area contributed by atoms with Crippen molar-refractivity contribution in [1.82, 2.24) is 0 Å². The first-order valence-electron chi connectivity index (χ1n) is 4.85. The van der Waals surface area contributed by atoms with Gasteiger partial charge in [-0.15, -0.1) is 5.92 Å². The van der Waals surface area contributed by atoms with Crippen molar-refractivity contribution in [3.8, 4) is 0 Å². The van der Waals surface area contributed by atoms with Crippen LogP contribution in [0.1, 0.15) is 20.8 Å². The van der Waals surface area contributed by atoms with Crippen LogP contribution in [0.4, 0.5) is 0 Å². The first-order valence-corrected chi connectivity index (χ1v) is 4.85. The Morgan fingerprint density at radius 1 is 1.06 bits per heavy atom. The largest absolute Gasteiger partial charge is 0.406 e. The summed E-state index contributed by atoms with van der Waals surface area (Å²) in [6, 6.07) is 0. The first kappa shape index (κ1) is 18.7. The van der Waals surface area contributed by atoms with Crippen LogP contribution in [0.3, 0.4) is 0 Å². The molecule has 5 heteroatoms. The third-order valence-corrected chi connectivity index (χ3v) is 2.27. The molecular weight excluding hydrogens is 285 g/mol. The maximum Gasteiger partial charge on any atom is 0.156 e. The molecule has 0 fully saturated rings. The topological polar surface area (TPSA) is 52.6 Å². The summed E-state index contributed by atoms with van der Waals surface area (Å²) in [5, 5.41) is 0. The van der Waals surface area contributed by atoms with Crippen molar-refractivity contribution in [2.45, 2.75) is 33.0 Å². The Hall–Kier alpha value is 0.364. The van der Waals surface area contributed by atoms with Crippen LogP contribution >= 0.6 is 0 Å². The summed E-state index contributed by atoms with van der Waals surface area (Å²) in [5.41, 5.74) is 0. The molecule has 0 heterocycles. The molecular formula is C11H19O4Y-. The Kier molecular flexibility index (Phi) is 11.0. The Morgan fingerprint density at radius 2 is 1.56 bits per heavy atom. The van der Waals surface area contributed by atoms with E-state index in [1.807, 2.05) is 6.92 Å². The molecule has 4 nitrogen and oxygen atoms in total. The summed E-state index contributed by atoms with van der Waals surface area (Å²) < 4.78 is 10.0. The summed E-state index contributed by atoms with van der Waals surface area (Å²) in [7, 11) is 2.94. The summed E-state index contributed by atoms with van der Waals surface area (Å²) in [6.07, 6.45) is 0.608. The molecule has 0 aliphatic rings.